The molecule has 1 aliphatic rings. The van der Waals surface area contributed by atoms with Crippen LogP contribution in [0.3, 0.4) is 0 Å². The van der Waals surface area contributed by atoms with E-state index in [1.165, 1.54) is 36.5 Å². The van der Waals surface area contributed by atoms with Crippen molar-refractivity contribution in [2.75, 3.05) is 17.8 Å². The van der Waals surface area contributed by atoms with Gasteiger partial charge in [0.25, 0.3) is 15.9 Å². The van der Waals surface area contributed by atoms with Gasteiger partial charge in [-0.15, -0.1) is 11.3 Å². The summed E-state index contributed by atoms with van der Waals surface area (Å²) >= 11 is 1.16. The van der Waals surface area contributed by atoms with E-state index in [9.17, 15) is 22.7 Å². The number of aryl methyl sites for hydroxylation is 1. The molecule has 1 saturated heterocycles. The Morgan fingerprint density at radius 2 is 1.88 bits per heavy atom. The fourth-order valence-corrected chi connectivity index (χ4v) is 5.54. The standard InChI is InChI=1S/C22H22FN3O4S2/c1-15-2-7-19(23)18(14-15)22(28)8-11-26(12-9-22)20(27)16-3-5-17(6-4-16)32(29,30)25-21-24-10-13-31-21/h2-7,10,13-14,28H,8-9,11-12H2,1H3,(H,24,25). The van der Waals surface area contributed by atoms with E-state index in [2.05, 4.69) is 9.71 Å². The highest BCUT2D eigenvalue weighted by molar-refractivity contribution is 7.93. The second-order valence-corrected chi connectivity index (χ2v) is 10.4. The maximum atomic E-state index is 14.3. The van der Waals surface area contributed by atoms with Crippen LogP contribution in [0.25, 0.3) is 0 Å². The number of aliphatic hydroxyl groups is 1. The second kappa shape index (κ2) is 8.61. The predicted octanol–water partition coefficient (Wildman–Crippen LogP) is 3.52. The Morgan fingerprint density at radius 3 is 2.50 bits per heavy atom. The summed E-state index contributed by atoms with van der Waals surface area (Å²) in [5.41, 5.74) is 0.122. The molecule has 0 spiro atoms. The van der Waals surface area contributed by atoms with Crippen molar-refractivity contribution >= 4 is 32.4 Å². The first kappa shape index (κ1) is 22.4. The highest BCUT2D eigenvalue weighted by Crippen LogP contribution is 2.35. The number of amides is 1. The van der Waals surface area contributed by atoms with E-state index in [1.54, 1.807) is 22.4 Å². The van der Waals surface area contributed by atoms with Gasteiger partial charge in [0.05, 0.1) is 10.5 Å². The molecule has 0 unspecified atom stereocenters. The number of nitrogens with one attached hydrogen (secondary N) is 1. The zero-order valence-corrected chi connectivity index (χ0v) is 18.9. The largest absolute Gasteiger partial charge is 0.385 e. The lowest BCUT2D eigenvalue weighted by Gasteiger charge is -2.38. The lowest BCUT2D eigenvalue weighted by molar-refractivity contribution is -0.0236. The lowest BCUT2D eigenvalue weighted by atomic mass is 9.83. The van der Waals surface area contributed by atoms with Gasteiger partial charge in [0, 0.05) is 35.8 Å². The van der Waals surface area contributed by atoms with Crippen LogP contribution in [0.5, 0.6) is 0 Å². The average molecular weight is 476 g/mol. The Hall–Kier alpha value is -2.82. The number of hydrogen-bond acceptors (Lipinski definition) is 6. The third kappa shape index (κ3) is 4.52. The number of halogens is 1. The average Bonchev–Trinajstić information content (AvgIpc) is 3.28. The Labute approximate surface area is 189 Å². The van der Waals surface area contributed by atoms with Crippen molar-refractivity contribution in [1.82, 2.24) is 9.88 Å². The molecule has 7 nitrogen and oxygen atoms in total. The molecular weight excluding hydrogens is 453 g/mol. The molecule has 10 heteroatoms. The van der Waals surface area contributed by atoms with Crippen LogP contribution in [0, 0.1) is 12.7 Å². The molecule has 2 N–H and O–H groups in total. The summed E-state index contributed by atoms with van der Waals surface area (Å²) in [4.78, 5) is 18.4. The summed E-state index contributed by atoms with van der Waals surface area (Å²) in [6.07, 6.45) is 1.92. The van der Waals surface area contributed by atoms with E-state index in [4.69, 9.17) is 0 Å². The third-order valence-electron chi connectivity index (χ3n) is 5.57. The summed E-state index contributed by atoms with van der Waals surface area (Å²) in [5, 5.41) is 12.9. The number of piperidine rings is 1. The van der Waals surface area contributed by atoms with E-state index in [0.717, 1.165) is 16.9 Å². The normalized spacial score (nSPS) is 16.0. The minimum Gasteiger partial charge on any atom is -0.385 e. The van der Waals surface area contributed by atoms with E-state index in [0.29, 0.717) is 5.56 Å². The highest BCUT2D eigenvalue weighted by atomic mass is 32.2. The molecule has 0 saturated carbocycles. The monoisotopic (exact) mass is 475 g/mol. The summed E-state index contributed by atoms with van der Waals surface area (Å²) < 4.78 is 41.5. The van der Waals surface area contributed by atoms with Crippen molar-refractivity contribution in [3.63, 3.8) is 0 Å². The third-order valence-corrected chi connectivity index (χ3v) is 7.74. The van der Waals surface area contributed by atoms with Gasteiger partial charge in [0.1, 0.15) is 5.82 Å². The molecular formula is C22H22FN3O4S2. The van der Waals surface area contributed by atoms with Crippen LogP contribution in [0.2, 0.25) is 0 Å². The van der Waals surface area contributed by atoms with Crippen molar-refractivity contribution < 1.29 is 22.7 Å². The number of thiazole rings is 1. The van der Waals surface area contributed by atoms with E-state index < -0.39 is 21.4 Å². The van der Waals surface area contributed by atoms with Gasteiger partial charge in [0.15, 0.2) is 5.13 Å². The Bertz CT molecular complexity index is 1220. The molecule has 168 valence electrons. The van der Waals surface area contributed by atoms with Gasteiger partial charge >= 0.3 is 0 Å². The Morgan fingerprint density at radius 1 is 1.19 bits per heavy atom. The summed E-state index contributed by atoms with van der Waals surface area (Å²) in [5.74, 6) is -0.727. The molecule has 2 aromatic carbocycles. The first-order chi connectivity index (χ1) is 15.2. The van der Waals surface area contributed by atoms with E-state index >= 15 is 0 Å². The number of sulfonamides is 1. The fraction of sp³-hybridized carbons (Fsp3) is 0.273. The molecule has 1 amide bonds. The molecule has 1 aliphatic heterocycles. The second-order valence-electron chi connectivity index (χ2n) is 7.77. The van der Waals surface area contributed by atoms with Gasteiger partial charge in [0.2, 0.25) is 0 Å². The first-order valence-electron chi connectivity index (χ1n) is 9.99. The van der Waals surface area contributed by atoms with Crippen LogP contribution in [-0.4, -0.2) is 42.4 Å². The maximum absolute atomic E-state index is 14.3. The number of carbonyl (C=O) groups excluding carboxylic acids is 1. The topological polar surface area (TPSA) is 99.6 Å². The molecule has 32 heavy (non-hydrogen) atoms. The molecule has 2 heterocycles. The van der Waals surface area contributed by atoms with Crippen molar-refractivity contribution in [3.8, 4) is 0 Å². The van der Waals surface area contributed by atoms with Gasteiger partial charge < -0.3 is 10.0 Å². The van der Waals surface area contributed by atoms with Crippen molar-refractivity contribution in [2.24, 2.45) is 0 Å². The predicted molar refractivity (Wildman–Crippen MR) is 120 cm³/mol. The number of rotatable bonds is 5. The van der Waals surface area contributed by atoms with Crippen molar-refractivity contribution in [3.05, 3.63) is 76.5 Å². The van der Waals surface area contributed by atoms with E-state index in [1.807, 2.05) is 6.92 Å². The number of nitrogens with zero attached hydrogens (tertiary/aromatic N) is 2. The zero-order valence-electron chi connectivity index (χ0n) is 17.3. The van der Waals surface area contributed by atoms with Gasteiger partial charge in [-0.05, 0) is 50.1 Å². The zero-order chi connectivity index (χ0) is 22.9. The number of benzene rings is 2. The molecule has 4 rings (SSSR count). The number of anilines is 1. The van der Waals surface area contributed by atoms with Crippen LogP contribution >= 0.6 is 11.3 Å². The van der Waals surface area contributed by atoms with Gasteiger partial charge in [-0.1, -0.05) is 17.7 Å². The molecule has 1 aromatic heterocycles. The maximum Gasteiger partial charge on any atom is 0.263 e. The lowest BCUT2D eigenvalue weighted by Crippen LogP contribution is -2.45. The molecule has 1 fully saturated rings. The van der Waals surface area contributed by atoms with Crippen molar-refractivity contribution in [2.45, 2.75) is 30.3 Å². The minimum atomic E-state index is -3.80. The van der Waals surface area contributed by atoms with Gasteiger partial charge in [-0.2, -0.15) is 0 Å². The minimum absolute atomic E-state index is 0.0205. The molecule has 3 aromatic rings. The highest BCUT2D eigenvalue weighted by Gasteiger charge is 2.37. The summed E-state index contributed by atoms with van der Waals surface area (Å²) in [6.45, 7) is 2.35. The van der Waals surface area contributed by atoms with Gasteiger partial charge in [-0.3, -0.25) is 9.52 Å². The van der Waals surface area contributed by atoms with Crippen LogP contribution in [0.4, 0.5) is 9.52 Å². The molecule has 0 atom stereocenters. The fourth-order valence-electron chi connectivity index (χ4n) is 3.75. The molecule has 0 radical (unpaired) electrons. The van der Waals surface area contributed by atoms with Crippen LogP contribution < -0.4 is 4.72 Å². The first-order valence-corrected chi connectivity index (χ1v) is 12.3. The van der Waals surface area contributed by atoms with Crippen LogP contribution in [-0.2, 0) is 15.6 Å². The van der Waals surface area contributed by atoms with Gasteiger partial charge in [-0.25, -0.2) is 17.8 Å². The van der Waals surface area contributed by atoms with E-state index in [-0.39, 0.29) is 47.4 Å². The Balaban J connectivity index is 1.44. The number of aromatic nitrogens is 1. The number of hydrogen-bond donors (Lipinski definition) is 2. The Kier molecular flexibility index (Phi) is 6.02. The molecule has 0 bridgehead atoms. The molecule has 0 aliphatic carbocycles. The SMILES string of the molecule is Cc1ccc(F)c(C2(O)CCN(C(=O)c3ccc(S(=O)(=O)Nc4nccs4)cc3)CC2)c1. The summed E-state index contributed by atoms with van der Waals surface area (Å²) in [7, 11) is -3.80. The quantitative estimate of drug-likeness (QED) is 0.588. The van der Waals surface area contributed by atoms with Crippen LogP contribution in [0.1, 0.15) is 34.3 Å². The number of carbonyl (C=O) groups is 1. The van der Waals surface area contributed by atoms with Crippen molar-refractivity contribution in [1.29, 1.82) is 0 Å². The van der Waals surface area contributed by atoms with Crippen LogP contribution in [0.15, 0.2) is 58.9 Å². The smallest absolute Gasteiger partial charge is 0.263 e. The summed E-state index contributed by atoms with van der Waals surface area (Å²) in [6, 6.07) is 10.3. The number of likely N-dealkylation sites (tertiary alicyclic amines) is 1.